The Morgan fingerprint density at radius 2 is 1.61 bits per heavy atom. The van der Waals surface area contributed by atoms with Gasteiger partial charge in [-0.05, 0) is 31.2 Å². The standard InChI is InChI=1S/C20H17N2.HI/c1-2-22-14-17(13-16-8-4-6-10-20(16)22)19-12-11-15-7-3-5-9-18(15)21-19;/h3-14H,2H2,1H3;1H/q+1;/p-1. The van der Waals surface area contributed by atoms with E-state index in [0.717, 1.165) is 23.3 Å². The van der Waals surface area contributed by atoms with Crippen molar-refractivity contribution in [2.24, 2.45) is 0 Å². The molecule has 4 rings (SSSR count). The molecule has 0 atom stereocenters. The van der Waals surface area contributed by atoms with E-state index in [-0.39, 0.29) is 24.0 Å². The number of fused-ring (bicyclic) bond motifs is 2. The van der Waals surface area contributed by atoms with Gasteiger partial charge in [-0.25, -0.2) is 4.98 Å². The van der Waals surface area contributed by atoms with Gasteiger partial charge < -0.3 is 24.0 Å². The van der Waals surface area contributed by atoms with Crippen LogP contribution < -0.4 is 28.5 Å². The van der Waals surface area contributed by atoms with Crippen LogP contribution in [0.2, 0.25) is 0 Å². The molecule has 0 unspecified atom stereocenters. The summed E-state index contributed by atoms with van der Waals surface area (Å²) < 4.78 is 2.28. The molecule has 0 amide bonds. The van der Waals surface area contributed by atoms with E-state index in [1.807, 2.05) is 12.1 Å². The van der Waals surface area contributed by atoms with Crippen molar-refractivity contribution in [3.8, 4) is 11.3 Å². The number of rotatable bonds is 2. The van der Waals surface area contributed by atoms with Crippen LogP contribution >= 0.6 is 0 Å². The average Bonchev–Trinajstić information content (AvgIpc) is 2.60. The van der Waals surface area contributed by atoms with Crippen molar-refractivity contribution in [2.75, 3.05) is 0 Å². The summed E-state index contributed by atoms with van der Waals surface area (Å²) in [6, 6.07) is 23.2. The molecule has 2 aromatic carbocycles. The third-order valence-corrected chi connectivity index (χ3v) is 4.09. The summed E-state index contributed by atoms with van der Waals surface area (Å²) in [5, 5.41) is 2.42. The number of nitrogens with zero attached hydrogens (tertiary/aromatic N) is 2. The van der Waals surface area contributed by atoms with Gasteiger partial charge in [0.15, 0.2) is 6.20 Å². The van der Waals surface area contributed by atoms with Gasteiger partial charge in [0.05, 0.1) is 16.8 Å². The number of halogens is 1. The Hall–Kier alpha value is -2.01. The van der Waals surface area contributed by atoms with Crippen molar-refractivity contribution in [1.29, 1.82) is 0 Å². The molecule has 114 valence electrons. The van der Waals surface area contributed by atoms with Crippen molar-refractivity contribution in [2.45, 2.75) is 13.5 Å². The quantitative estimate of drug-likeness (QED) is 0.359. The molecule has 0 aliphatic rings. The molecule has 0 bridgehead atoms. The molecule has 0 aliphatic carbocycles. The van der Waals surface area contributed by atoms with Gasteiger partial charge in [0.25, 0.3) is 0 Å². The zero-order valence-electron chi connectivity index (χ0n) is 12.9. The van der Waals surface area contributed by atoms with E-state index in [1.54, 1.807) is 0 Å². The van der Waals surface area contributed by atoms with Gasteiger partial charge in [-0.1, -0.05) is 36.4 Å². The highest BCUT2D eigenvalue weighted by atomic mass is 127. The van der Waals surface area contributed by atoms with E-state index in [0.29, 0.717) is 0 Å². The van der Waals surface area contributed by atoms with Gasteiger partial charge in [-0.3, -0.25) is 0 Å². The van der Waals surface area contributed by atoms with Crippen molar-refractivity contribution < 1.29 is 28.5 Å². The average molecular weight is 412 g/mol. The van der Waals surface area contributed by atoms with E-state index in [2.05, 4.69) is 72.3 Å². The Morgan fingerprint density at radius 1 is 0.870 bits per heavy atom. The van der Waals surface area contributed by atoms with Crippen molar-refractivity contribution in [3.05, 3.63) is 72.9 Å². The zero-order chi connectivity index (χ0) is 14.9. The largest absolute Gasteiger partial charge is 1.00 e. The normalized spacial score (nSPS) is 10.7. The lowest BCUT2D eigenvalue weighted by molar-refractivity contribution is -0.667. The highest BCUT2D eigenvalue weighted by molar-refractivity contribution is 5.84. The van der Waals surface area contributed by atoms with E-state index < -0.39 is 0 Å². The molecule has 0 saturated heterocycles. The van der Waals surface area contributed by atoms with Gasteiger partial charge in [-0.2, -0.15) is 4.57 Å². The predicted molar refractivity (Wildman–Crippen MR) is 90.6 cm³/mol. The lowest BCUT2D eigenvalue weighted by Crippen LogP contribution is -3.00. The van der Waals surface area contributed by atoms with Crippen LogP contribution in [-0.4, -0.2) is 4.98 Å². The Balaban J connectivity index is 0.00000156. The van der Waals surface area contributed by atoms with Gasteiger partial charge in [-0.15, -0.1) is 0 Å². The molecular weight excluding hydrogens is 395 g/mol. The molecule has 4 aromatic rings. The Morgan fingerprint density at radius 3 is 2.43 bits per heavy atom. The predicted octanol–water partition coefficient (Wildman–Crippen LogP) is 1.37. The monoisotopic (exact) mass is 412 g/mol. The van der Waals surface area contributed by atoms with Crippen LogP contribution in [0.25, 0.3) is 33.1 Å². The Bertz CT molecular complexity index is 979. The van der Waals surface area contributed by atoms with E-state index >= 15 is 0 Å². The van der Waals surface area contributed by atoms with Crippen molar-refractivity contribution in [3.63, 3.8) is 0 Å². The Kier molecular flexibility index (Phi) is 4.57. The first-order chi connectivity index (χ1) is 10.8. The van der Waals surface area contributed by atoms with Crippen LogP contribution in [0.5, 0.6) is 0 Å². The summed E-state index contributed by atoms with van der Waals surface area (Å²) in [6.07, 6.45) is 2.19. The highest BCUT2D eigenvalue weighted by Crippen LogP contribution is 2.22. The second kappa shape index (κ2) is 6.62. The van der Waals surface area contributed by atoms with Crippen LogP contribution in [-0.2, 0) is 6.54 Å². The number of benzene rings is 2. The summed E-state index contributed by atoms with van der Waals surface area (Å²) in [7, 11) is 0. The summed E-state index contributed by atoms with van der Waals surface area (Å²) in [4.78, 5) is 4.81. The molecule has 0 radical (unpaired) electrons. The molecule has 0 fully saturated rings. The van der Waals surface area contributed by atoms with E-state index in [1.165, 1.54) is 16.3 Å². The van der Waals surface area contributed by atoms with Gasteiger partial charge in [0.1, 0.15) is 6.54 Å². The summed E-state index contributed by atoms with van der Waals surface area (Å²) >= 11 is 0. The maximum absolute atomic E-state index is 4.81. The molecule has 0 saturated carbocycles. The summed E-state index contributed by atoms with van der Waals surface area (Å²) in [5.74, 6) is 0. The summed E-state index contributed by atoms with van der Waals surface area (Å²) in [6.45, 7) is 3.12. The van der Waals surface area contributed by atoms with Gasteiger partial charge in [0.2, 0.25) is 5.52 Å². The molecule has 3 heteroatoms. The molecule has 0 spiro atoms. The Labute approximate surface area is 152 Å². The zero-order valence-corrected chi connectivity index (χ0v) is 15.1. The fraction of sp³-hybridized carbons (Fsp3) is 0.100. The minimum atomic E-state index is 0. The molecule has 2 nitrogen and oxygen atoms in total. The van der Waals surface area contributed by atoms with Crippen molar-refractivity contribution in [1.82, 2.24) is 4.98 Å². The van der Waals surface area contributed by atoms with Crippen LogP contribution in [0, 0.1) is 0 Å². The minimum Gasteiger partial charge on any atom is -1.00 e. The SMILES string of the molecule is CC[n+]1cc(-c2ccc3ccccc3n2)cc2ccccc21.[I-]. The molecular formula is C20H17IN2. The first-order valence-corrected chi connectivity index (χ1v) is 7.63. The van der Waals surface area contributed by atoms with Crippen molar-refractivity contribution >= 4 is 21.8 Å². The van der Waals surface area contributed by atoms with Crippen LogP contribution in [0.3, 0.4) is 0 Å². The fourth-order valence-electron chi connectivity index (χ4n) is 2.94. The van der Waals surface area contributed by atoms with E-state index in [9.17, 15) is 0 Å². The van der Waals surface area contributed by atoms with Crippen LogP contribution in [0.4, 0.5) is 0 Å². The second-order valence-corrected chi connectivity index (χ2v) is 5.46. The third kappa shape index (κ3) is 2.93. The number of aryl methyl sites for hydroxylation is 1. The minimum absolute atomic E-state index is 0. The van der Waals surface area contributed by atoms with E-state index in [4.69, 9.17) is 4.98 Å². The molecule has 0 aliphatic heterocycles. The first kappa shape index (κ1) is 15.9. The number of para-hydroxylation sites is 2. The number of hydrogen-bond acceptors (Lipinski definition) is 1. The lowest BCUT2D eigenvalue weighted by atomic mass is 10.1. The maximum atomic E-state index is 4.81. The van der Waals surface area contributed by atoms with Gasteiger partial charge in [0, 0.05) is 16.8 Å². The fourth-order valence-corrected chi connectivity index (χ4v) is 2.94. The molecule has 2 aromatic heterocycles. The lowest BCUT2D eigenvalue weighted by Gasteiger charge is -2.05. The van der Waals surface area contributed by atoms with Crippen LogP contribution in [0.15, 0.2) is 72.9 Å². The molecule has 0 N–H and O–H groups in total. The molecule has 23 heavy (non-hydrogen) atoms. The number of aromatic nitrogens is 2. The topological polar surface area (TPSA) is 16.8 Å². The van der Waals surface area contributed by atoms with Gasteiger partial charge >= 0.3 is 0 Å². The third-order valence-electron chi connectivity index (χ3n) is 4.09. The maximum Gasteiger partial charge on any atom is 0.212 e. The highest BCUT2D eigenvalue weighted by Gasteiger charge is 2.11. The number of pyridine rings is 2. The smallest absolute Gasteiger partial charge is 0.212 e. The first-order valence-electron chi connectivity index (χ1n) is 7.63. The molecule has 2 heterocycles. The number of hydrogen-bond donors (Lipinski definition) is 0. The van der Waals surface area contributed by atoms with Crippen LogP contribution in [0.1, 0.15) is 6.92 Å². The second-order valence-electron chi connectivity index (χ2n) is 5.46. The summed E-state index contributed by atoms with van der Waals surface area (Å²) in [5.41, 5.74) is 4.48.